The first-order chi connectivity index (χ1) is 9.17. The van der Waals surface area contributed by atoms with Gasteiger partial charge in [0, 0.05) is 19.0 Å². The number of hydrogen-bond acceptors (Lipinski definition) is 3. The van der Waals surface area contributed by atoms with Gasteiger partial charge >= 0.3 is 5.97 Å². The third-order valence-electron chi connectivity index (χ3n) is 3.41. The van der Waals surface area contributed by atoms with Crippen LogP contribution in [0.2, 0.25) is 0 Å². The molecule has 0 aliphatic carbocycles. The first-order valence-electron chi connectivity index (χ1n) is 6.20. The van der Waals surface area contributed by atoms with Gasteiger partial charge in [0.1, 0.15) is 5.92 Å². The molecule has 1 fully saturated rings. The largest absolute Gasteiger partial charge is 0.468 e. The molecule has 0 unspecified atom stereocenters. The first kappa shape index (κ1) is 13.3. The molecule has 100 valence electrons. The van der Waals surface area contributed by atoms with E-state index in [1.54, 1.807) is 11.0 Å². The van der Waals surface area contributed by atoms with Crippen molar-refractivity contribution in [3.8, 4) is 0 Å². The molecule has 4 nitrogen and oxygen atoms in total. The number of nitrogens with zero attached hydrogens (tertiary/aromatic N) is 1. The highest BCUT2D eigenvalue weighted by atomic mass is 16.5. The standard InChI is InChI=1S/C15H17NO3/c1-3-12-10-16(9-11-7-5-4-6-8-11)14(17)13(12)15(18)19-2/h3-8,12-13H,1,9-10H2,2H3/t12-,13+/m0/s1. The second-order valence-electron chi connectivity index (χ2n) is 4.60. The van der Waals surface area contributed by atoms with Crippen LogP contribution in [0.5, 0.6) is 0 Å². The SMILES string of the molecule is C=C[C@H]1CN(Cc2ccccc2)C(=O)[C@@H]1C(=O)OC. The minimum absolute atomic E-state index is 0.177. The van der Waals surface area contributed by atoms with Gasteiger partial charge in [-0.3, -0.25) is 9.59 Å². The maximum Gasteiger partial charge on any atom is 0.318 e. The summed E-state index contributed by atoms with van der Waals surface area (Å²) in [5.41, 5.74) is 1.05. The van der Waals surface area contributed by atoms with Gasteiger partial charge in [-0.1, -0.05) is 36.4 Å². The van der Waals surface area contributed by atoms with Crippen LogP contribution in [0, 0.1) is 11.8 Å². The van der Waals surface area contributed by atoms with Crippen molar-refractivity contribution in [2.45, 2.75) is 6.54 Å². The lowest BCUT2D eigenvalue weighted by molar-refractivity contribution is -0.151. The maximum absolute atomic E-state index is 12.3. The van der Waals surface area contributed by atoms with Crippen molar-refractivity contribution in [3.05, 3.63) is 48.6 Å². The van der Waals surface area contributed by atoms with Crippen molar-refractivity contribution in [1.29, 1.82) is 0 Å². The van der Waals surface area contributed by atoms with Crippen molar-refractivity contribution in [1.82, 2.24) is 4.90 Å². The maximum atomic E-state index is 12.3. The number of carbonyl (C=O) groups excluding carboxylic acids is 2. The van der Waals surface area contributed by atoms with Gasteiger partial charge in [-0.05, 0) is 5.56 Å². The van der Waals surface area contributed by atoms with E-state index >= 15 is 0 Å². The van der Waals surface area contributed by atoms with Crippen LogP contribution in [0.4, 0.5) is 0 Å². The Balaban J connectivity index is 2.14. The van der Waals surface area contributed by atoms with Crippen molar-refractivity contribution in [3.63, 3.8) is 0 Å². The highest BCUT2D eigenvalue weighted by molar-refractivity contribution is 6.00. The number of esters is 1. The first-order valence-corrected chi connectivity index (χ1v) is 6.20. The van der Waals surface area contributed by atoms with E-state index in [2.05, 4.69) is 6.58 Å². The van der Waals surface area contributed by atoms with Gasteiger partial charge in [0.15, 0.2) is 0 Å². The lowest BCUT2D eigenvalue weighted by atomic mass is 9.96. The van der Waals surface area contributed by atoms with E-state index in [4.69, 9.17) is 4.74 Å². The van der Waals surface area contributed by atoms with Crippen molar-refractivity contribution in [2.24, 2.45) is 11.8 Å². The average Bonchev–Trinajstić information content (AvgIpc) is 2.76. The minimum atomic E-state index is -0.744. The fourth-order valence-corrected chi connectivity index (χ4v) is 2.39. The van der Waals surface area contributed by atoms with E-state index in [0.29, 0.717) is 13.1 Å². The van der Waals surface area contributed by atoms with Gasteiger partial charge < -0.3 is 9.64 Å². The van der Waals surface area contributed by atoms with E-state index in [-0.39, 0.29) is 11.8 Å². The number of methoxy groups -OCH3 is 1. The van der Waals surface area contributed by atoms with Crippen molar-refractivity contribution >= 4 is 11.9 Å². The van der Waals surface area contributed by atoms with E-state index in [1.165, 1.54) is 7.11 Å². The Morgan fingerprint density at radius 3 is 2.74 bits per heavy atom. The number of benzene rings is 1. The molecule has 2 rings (SSSR count). The van der Waals surface area contributed by atoms with Crippen LogP contribution in [0.3, 0.4) is 0 Å². The number of hydrogen-bond donors (Lipinski definition) is 0. The summed E-state index contributed by atoms with van der Waals surface area (Å²) < 4.78 is 4.70. The summed E-state index contributed by atoms with van der Waals surface area (Å²) in [6, 6.07) is 9.71. The van der Waals surface area contributed by atoms with E-state index in [1.807, 2.05) is 30.3 Å². The molecule has 0 radical (unpaired) electrons. The molecule has 1 saturated heterocycles. The molecule has 0 N–H and O–H groups in total. The molecule has 0 aromatic heterocycles. The van der Waals surface area contributed by atoms with Gasteiger partial charge in [-0.2, -0.15) is 0 Å². The minimum Gasteiger partial charge on any atom is -0.468 e. The summed E-state index contributed by atoms with van der Waals surface area (Å²) in [5, 5.41) is 0. The Kier molecular flexibility index (Phi) is 4.00. The predicted molar refractivity (Wildman–Crippen MR) is 71.1 cm³/mol. The fraction of sp³-hybridized carbons (Fsp3) is 0.333. The Labute approximate surface area is 112 Å². The Morgan fingerprint density at radius 2 is 2.16 bits per heavy atom. The van der Waals surface area contributed by atoms with E-state index in [9.17, 15) is 9.59 Å². The molecule has 4 heteroatoms. The van der Waals surface area contributed by atoms with Crippen LogP contribution in [-0.2, 0) is 20.9 Å². The fourth-order valence-electron chi connectivity index (χ4n) is 2.39. The van der Waals surface area contributed by atoms with Crippen LogP contribution in [-0.4, -0.2) is 30.4 Å². The third-order valence-corrected chi connectivity index (χ3v) is 3.41. The summed E-state index contributed by atoms with van der Waals surface area (Å²) in [5.74, 6) is -1.58. The molecular weight excluding hydrogens is 242 g/mol. The van der Waals surface area contributed by atoms with Crippen LogP contribution in [0.25, 0.3) is 0 Å². The van der Waals surface area contributed by atoms with Crippen molar-refractivity contribution in [2.75, 3.05) is 13.7 Å². The smallest absolute Gasteiger partial charge is 0.318 e. The Morgan fingerprint density at radius 1 is 1.47 bits per heavy atom. The molecule has 19 heavy (non-hydrogen) atoms. The number of amides is 1. The zero-order chi connectivity index (χ0) is 13.8. The third kappa shape index (κ3) is 2.67. The number of likely N-dealkylation sites (tertiary alicyclic amines) is 1. The molecule has 1 aliphatic heterocycles. The predicted octanol–water partition coefficient (Wildman–Crippen LogP) is 1.62. The lowest BCUT2D eigenvalue weighted by Gasteiger charge is -2.16. The normalized spacial score (nSPS) is 22.4. The highest BCUT2D eigenvalue weighted by Crippen LogP contribution is 2.28. The number of ether oxygens (including phenoxy) is 1. The van der Waals surface area contributed by atoms with Gasteiger partial charge in [0.05, 0.1) is 7.11 Å². The number of carbonyl (C=O) groups is 2. The second-order valence-corrected chi connectivity index (χ2v) is 4.60. The summed E-state index contributed by atoms with van der Waals surface area (Å²) in [7, 11) is 1.30. The van der Waals surface area contributed by atoms with Crippen LogP contribution in [0.1, 0.15) is 5.56 Å². The zero-order valence-electron chi connectivity index (χ0n) is 10.9. The molecule has 0 bridgehead atoms. The molecule has 1 aromatic rings. The molecule has 1 aromatic carbocycles. The number of rotatable bonds is 4. The topological polar surface area (TPSA) is 46.6 Å². The molecule has 0 saturated carbocycles. The van der Waals surface area contributed by atoms with Crippen LogP contribution < -0.4 is 0 Å². The quantitative estimate of drug-likeness (QED) is 0.469. The van der Waals surface area contributed by atoms with E-state index < -0.39 is 11.9 Å². The summed E-state index contributed by atoms with van der Waals surface area (Å²) in [4.78, 5) is 25.6. The van der Waals surface area contributed by atoms with Crippen LogP contribution >= 0.6 is 0 Å². The molecule has 2 atom stereocenters. The molecule has 0 spiro atoms. The van der Waals surface area contributed by atoms with Gasteiger partial charge in [0.2, 0.25) is 5.91 Å². The summed E-state index contributed by atoms with van der Waals surface area (Å²) in [6.45, 7) is 4.72. The highest BCUT2D eigenvalue weighted by Gasteiger charge is 2.44. The summed E-state index contributed by atoms with van der Waals surface area (Å²) in [6.07, 6.45) is 1.66. The Bertz CT molecular complexity index is 483. The van der Waals surface area contributed by atoms with Crippen molar-refractivity contribution < 1.29 is 14.3 Å². The second kappa shape index (κ2) is 5.69. The van der Waals surface area contributed by atoms with Gasteiger partial charge in [-0.25, -0.2) is 0 Å². The zero-order valence-corrected chi connectivity index (χ0v) is 10.9. The monoisotopic (exact) mass is 259 g/mol. The average molecular weight is 259 g/mol. The van der Waals surface area contributed by atoms with Gasteiger partial charge in [0.25, 0.3) is 0 Å². The molecular formula is C15H17NO3. The van der Waals surface area contributed by atoms with Crippen LogP contribution in [0.15, 0.2) is 43.0 Å². The molecule has 1 aliphatic rings. The summed E-state index contributed by atoms with van der Waals surface area (Å²) >= 11 is 0. The van der Waals surface area contributed by atoms with E-state index in [0.717, 1.165) is 5.56 Å². The molecule has 1 amide bonds. The molecule has 1 heterocycles. The lowest BCUT2D eigenvalue weighted by Crippen LogP contribution is -2.31. The van der Waals surface area contributed by atoms with Gasteiger partial charge in [-0.15, -0.1) is 6.58 Å². The Hall–Kier alpha value is -2.10.